The van der Waals surface area contributed by atoms with Gasteiger partial charge in [0.15, 0.2) is 0 Å². The first-order valence-corrected chi connectivity index (χ1v) is 11.6. The van der Waals surface area contributed by atoms with E-state index in [4.69, 9.17) is 14.3 Å². The molecule has 10 heteroatoms. The first kappa shape index (κ1) is 22.3. The van der Waals surface area contributed by atoms with Crippen molar-refractivity contribution in [2.45, 2.75) is 39.4 Å². The van der Waals surface area contributed by atoms with Gasteiger partial charge in [0.05, 0.1) is 0 Å². The zero-order valence-electron chi connectivity index (χ0n) is 17.3. The van der Waals surface area contributed by atoms with Crippen LogP contribution in [-0.2, 0) is 14.3 Å². The second kappa shape index (κ2) is 9.19. The molecular formula is C20H25FIN3O5. The van der Waals surface area contributed by atoms with Crippen molar-refractivity contribution < 1.29 is 28.3 Å². The summed E-state index contributed by atoms with van der Waals surface area (Å²) in [6.07, 6.45) is 2.48. The molecule has 2 heterocycles. The van der Waals surface area contributed by atoms with Crippen LogP contribution in [0, 0.1) is 12.7 Å². The molecule has 2 aliphatic heterocycles. The number of ether oxygens (including phenoxy) is 2. The van der Waals surface area contributed by atoms with Gasteiger partial charge >= 0.3 is 185 Å². The number of hydrogen-bond acceptors (Lipinski definition) is 7. The Morgan fingerprint density at radius 1 is 1.43 bits per heavy atom. The Balaban J connectivity index is 1.71. The molecule has 0 aliphatic carbocycles. The van der Waals surface area contributed by atoms with Gasteiger partial charge in [0.1, 0.15) is 0 Å². The molecular weight excluding hydrogens is 508 g/mol. The molecule has 8 nitrogen and oxygen atoms in total. The first-order chi connectivity index (χ1) is 14.1. The van der Waals surface area contributed by atoms with Crippen LogP contribution in [0.2, 0.25) is 0 Å². The van der Waals surface area contributed by atoms with E-state index >= 15 is 0 Å². The van der Waals surface area contributed by atoms with E-state index < -0.39 is 39.3 Å². The van der Waals surface area contributed by atoms with E-state index in [2.05, 4.69) is 5.16 Å². The molecule has 164 valence electrons. The molecule has 1 aromatic carbocycles. The zero-order chi connectivity index (χ0) is 21.9. The molecule has 30 heavy (non-hydrogen) atoms. The predicted octanol–water partition coefficient (Wildman–Crippen LogP) is 4.21. The SMILES string of the molecule is Cc1ccc(N2CC(CN([IH]C(=O)OC(C)(C)C)C3=NOCC=C3)OC2=O)cc1F. The third-order valence-corrected chi connectivity index (χ3v) is 6.39. The van der Waals surface area contributed by atoms with Gasteiger partial charge in [0, 0.05) is 0 Å². The monoisotopic (exact) mass is 533 g/mol. The average molecular weight is 533 g/mol. The molecule has 3 rings (SSSR count). The Bertz CT molecular complexity index is 884. The van der Waals surface area contributed by atoms with Crippen molar-refractivity contribution in [3.8, 4) is 0 Å². The Hall–Kier alpha value is -2.37. The molecule has 1 saturated heterocycles. The number of anilines is 1. The van der Waals surface area contributed by atoms with Crippen LogP contribution in [0.1, 0.15) is 26.3 Å². The fraction of sp³-hybridized carbons (Fsp3) is 0.450. The van der Waals surface area contributed by atoms with Gasteiger partial charge < -0.3 is 0 Å². The number of halogens is 2. The van der Waals surface area contributed by atoms with E-state index in [0.29, 0.717) is 23.7 Å². The zero-order valence-corrected chi connectivity index (χ0v) is 19.6. The maximum atomic E-state index is 13.9. The molecule has 0 spiro atoms. The molecule has 1 unspecified atom stereocenters. The fourth-order valence-corrected chi connectivity index (χ4v) is 5.31. The third kappa shape index (κ3) is 5.83. The predicted molar refractivity (Wildman–Crippen MR) is 120 cm³/mol. The molecule has 1 amide bonds. The number of benzene rings is 1. The number of carbonyl (C=O) groups excluding carboxylic acids is 2. The molecule has 0 N–H and O–H groups in total. The van der Waals surface area contributed by atoms with Crippen molar-refractivity contribution in [2.24, 2.45) is 5.16 Å². The van der Waals surface area contributed by atoms with E-state index in [1.54, 1.807) is 55.1 Å². The summed E-state index contributed by atoms with van der Waals surface area (Å²) in [7, 11) is 0. The second-order valence-corrected chi connectivity index (χ2v) is 10.5. The second-order valence-electron chi connectivity index (χ2n) is 7.81. The van der Waals surface area contributed by atoms with Gasteiger partial charge in [0.2, 0.25) is 0 Å². The minimum atomic E-state index is -1.48. The van der Waals surface area contributed by atoms with Gasteiger partial charge in [-0.2, -0.15) is 0 Å². The van der Waals surface area contributed by atoms with Gasteiger partial charge in [-0.3, -0.25) is 0 Å². The average Bonchev–Trinajstić information content (AvgIpc) is 3.03. The number of cyclic esters (lactones) is 1. The summed E-state index contributed by atoms with van der Waals surface area (Å²) in [4.78, 5) is 31.3. The number of rotatable bonds is 5. The molecule has 1 atom stereocenters. The van der Waals surface area contributed by atoms with Crippen LogP contribution in [0.15, 0.2) is 35.5 Å². The van der Waals surface area contributed by atoms with Crippen LogP contribution in [0.4, 0.5) is 19.7 Å². The number of aryl methyl sites for hydroxylation is 1. The molecule has 2 aliphatic rings. The van der Waals surface area contributed by atoms with Gasteiger partial charge in [-0.05, 0) is 0 Å². The number of amides is 1. The van der Waals surface area contributed by atoms with Crippen molar-refractivity contribution >= 4 is 43.1 Å². The Morgan fingerprint density at radius 3 is 2.83 bits per heavy atom. The first-order valence-electron chi connectivity index (χ1n) is 9.41. The Morgan fingerprint density at radius 2 is 2.20 bits per heavy atom. The summed E-state index contributed by atoms with van der Waals surface area (Å²) in [5, 5.41) is 4.02. The van der Waals surface area contributed by atoms with E-state index in [1.165, 1.54) is 11.0 Å². The van der Waals surface area contributed by atoms with Crippen molar-refractivity contribution in [2.75, 3.05) is 24.6 Å². The van der Waals surface area contributed by atoms with Crippen LogP contribution in [0.3, 0.4) is 0 Å². The van der Waals surface area contributed by atoms with E-state index in [-0.39, 0.29) is 22.9 Å². The summed E-state index contributed by atoms with van der Waals surface area (Å²) < 4.78 is 26.3. The van der Waals surface area contributed by atoms with Gasteiger partial charge in [-0.1, -0.05) is 0 Å². The molecule has 0 bridgehead atoms. The summed E-state index contributed by atoms with van der Waals surface area (Å²) in [5.74, 6) is 0.103. The quantitative estimate of drug-likeness (QED) is 0.321. The fourth-order valence-electron chi connectivity index (χ4n) is 2.76. The normalized spacial score (nSPS) is 18.7. The number of oxime groups is 1. The van der Waals surface area contributed by atoms with Gasteiger partial charge in [-0.15, -0.1) is 0 Å². The van der Waals surface area contributed by atoms with E-state index in [9.17, 15) is 14.0 Å². The Labute approximate surface area is 185 Å². The van der Waals surface area contributed by atoms with Crippen LogP contribution < -0.4 is 4.90 Å². The van der Waals surface area contributed by atoms with E-state index in [0.717, 1.165) is 0 Å². The summed E-state index contributed by atoms with van der Waals surface area (Å²) >= 11 is -1.48. The summed E-state index contributed by atoms with van der Waals surface area (Å²) in [6, 6.07) is 4.61. The van der Waals surface area contributed by atoms with E-state index in [1.807, 2.05) is 0 Å². The van der Waals surface area contributed by atoms with Gasteiger partial charge in [-0.25, -0.2) is 0 Å². The molecule has 1 aromatic rings. The Kier molecular flexibility index (Phi) is 6.84. The number of amidine groups is 1. The van der Waals surface area contributed by atoms with Crippen LogP contribution in [0.25, 0.3) is 0 Å². The number of nitrogens with zero attached hydrogens (tertiary/aromatic N) is 3. The topological polar surface area (TPSA) is 80.7 Å². The molecule has 0 radical (unpaired) electrons. The maximum absolute atomic E-state index is 13.9. The molecule has 0 aromatic heterocycles. The van der Waals surface area contributed by atoms with Crippen LogP contribution >= 0.6 is 21.5 Å². The van der Waals surface area contributed by atoms with Crippen LogP contribution in [-0.4, -0.2) is 50.4 Å². The number of hydrogen-bond donors (Lipinski definition) is 0. The summed E-state index contributed by atoms with van der Waals surface area (Å²) in [6.45, 7) is 7.92. The van der Waals surface area contributed by atoms with Crippen LogP contribution in [0.5, 0.6) is 0 Å². The minimum absolute atomic E-state index is 0.233. The summed E-state index contributed by atoms with van der Waals surface area (Å²) in [5.41, 5.74) is 0.332. The van der Waals surface area contributed by atoms with Crippen molar-refractivity contribution in [1.82, 2.24) is 3.11 Å². The molecule has 1 fully saturated rings. The van der Waals surface area contributed by atoms with Crippen molar-refractivity contribution in [1.29, 1.82) is 0 Å². The van der Waals surface area contributed by atoms with Crippen molar-refractivity contribution in [3.63, 3.8) is 0 Å². The van der Waals surface area contributed by atoms with Gasteiger partial charge in [0.25, 0.3) is 0 Å². The number of carbonyl (C=O) groups is 2. The third-order valence-electron chi connectivity index (χ3n) is 4.14. The van der Waals surface area contributed by atoms with Crippen molar-refractivity contribution in [3.05, 3.63) is 41.7 Å². The molecule has 0 saturated carbocycles. The standard InChI is InChI=1S/C20H25FIN3O5/c1-13-7-8-14(10-16(13)21)24-11-15(29-19(24)27)12-25(17-6-5-9-28-23-17)22-18(26)30-20(2,3)4/h5-8,10,15,22H,9,11-12H2,1-4H3.